The highest BCUT2D eigenvalue weighted by Crippen LogP contribution is 2.16. The summed E-state index contributed by atoms with van der Waals surface area (Å²) < 4.78 is 7.38. The third-order valence-electron chi connectivity index (χ3n) is 5.06. The molecule has 0 aliphatic carbocycles. The van der Waals surface area contributed by atoms with Gasteiger partial charge in [-0.3, -0.25) is 19.0 Å². The number of anilines is 1. The highest BCUT2D eigenvalue weighted by Gasteiger charge is 2.07. The average Bonchev–Trinajstić information content (AvgIpc) is 2.80. The molecule has 0 radical (unpaired) electrons. The number of nitrogens with zero attached hydrogens (tertiary/aromatic N) is 1. The Morgan fingerprint density at radius 1 is 1.03 bits per heavy atom. The summed E-state index contributed by atoms with van der Waals surface area (Å²) in [4.78, 5) is 39.4. The van der Waals surface area contributed by atoms with Gasteiger partial charge < -0.3 is 20.4 Å². The van der Waals surface area contributed by atoms with Crippen LogP contribution < -0.4 is 20.9 Å². The second-order valence-corrected chi connectivity index (χ2v) is 7.94. The number of nitrogens with one attached hydrogen (secondary N) is 3. The highest BCUT2D eigenvalue weighted by atomic mass is 32.1. The predicted molar refractivity (Wildman–Crippen MR) is 131 cm³/mol. The lowest BCUT2D eigenvalue weighted by molar-refractivity contribution is -0.123. The normalized spacial score (nSPS) is 10.7. The molecule has 3 rings (SSSR count). The van der Waals surface area contributed by atoms with Crippen molar-refractivity contribution in [2.24, 2.45) is 0 Å². The fraction of sp³-hybridized carbons (Fsp3) is 0.333. The summed E-state index contributed by atoms with van der Waals surface area (Å²) in [6, 6.07) is 14.2. The maximum Gasteiger partial charge on any atom is 0.262 e. The van der Waals surface area contributed by atoms with E-state index < -0.39 is 0 Å². The minimum absolute atomic E-state index is 0.0458. The van der Waals surface area contributed by atoms with Crippen molar-refractivity contribution in [1.29, 1.82) is 0 Å². The molecule has 9 heteroatoms. The zero-order valence-corrected chi connectivity index (χ0v) is 19.4. The number of aromatic amines is 1. The molecule has 0 aliphatic heterocycles. The number of para-hydroxylation sites is 1. The van der Waals surface area contributed by atoms with Gasteiger partial charge in [-0.15, -0.1) is 0 Å². The molecule has 0 atom stereocenters. The van der Waals surface area contributed by atoms with Crippen LogP contribution in [-0.4, -0.2) is 34.5 Å². The van der Waals surface area contributed by atoms with E-state index in [1.807, 2.05) is 25.1 Å². The maximum atomic E-state index is 12.6. The molecule has 1 aromatic heterocycles. The number of aromatic nitrogens is 2. The van der Waals surface area contributed by atoms with E-state index in [-0.39, 0.29) is 24.0 Å². The second kappa shape index (κ2) is 12.0. The molecule has 0 saturated carbocycles. The van der Waals surface area contributed by atoms with E-state index in [0.29, 0.717) is 47.5 Å². The van der Waals surface area contributed by atoms with E-state index in [1.165, 1.54) is 0 Å². The van der Waals surface area contributed by atoms with Crippen molar-refractivity contribution in [1.82, 2.24) is 14.9 Å². The number of hydrogen-bond donors (Lipinski definition) is 3. The van der Waals surface area contributed by atoms with Crippen molar-refractivity contribution < 1.29 is 14.3 Å². The van der Waals surface area contributed by atoms with Gasteiger partial charge in [0.1, 0.15) is 5.75 Å². The number of rotatable bonds is 11. The van der Waals surface area contributed by atoms with Crippen LogP contribution in [0.25, 0.3) is 10.9 Å². The smallest absolute Gasteiger partial charge is 0.262 e. The van der Waals surface area contributed by atoms with Crippen molar-refractivity contribution in [2.75, 3.05) is 18.5 Å². The van der Waals surface area contributed by atoms with E-state index >= 15 is 0 Å². The lowest BCUT2D eigenvalue weighted by atomic mass is 10.2. The molecular formula is C24H28N4O4S. The van der Waals surface area contributed by atoms with Crippen LogP contribution in [-0.2, 0) is 16.1 Å². The molecule has 3 aromatic rings. The van der Waals surface area contributed by atoms with Gasteiger partial charge in [0.2, 0.25) is 5.91 Å². The molecular weight excluding hydrogens is 440 g/mol. The third-order valence-corrected chi connectivity index (χ3v) is 5.38. The first-order valence-electron chi connectivity index (χ1n) is 11.0. The summed E-state index contributed by atoms with van der Waals surface area (Å²) in [5.74, 6) is 0.301. The second-order valence-electron chi connectivity index (χ2n) is 7.56. The van der Waals surface area contributed by atoms with Crippen molar-refractivity contribution in [3.05, 3.63) is 63.7 Å². The monoisotopic (exact) mass is 468 g/mol. The Morgan fingerprint density at radius 3 is 2.55 bits per heavy atom. The highest BCUT2D eigenvalue weighted by molar-refractivity contribution is 7.71. The molecule has 0 aliphatic rings. The van der Waals surface area contributed by atoms with Crippen LogP contribution in [0, 0.1) is 4.77 Å². The number of hydrogen-bond acceptors (Lipinski definition) is 5. The Labute approximate surface area is 197 Å². The summed E-state index contributed by atoms with van der Waals surface area (Å²) in [7, 11) is 0. The van der Waals surface area contributed by atoms with E-state index in [2.05, 4.69) is 15.6 Å². The van der Waals surface area contributed by atoms with Crippen molar-refractivity contribution in [3.63, 3.8) is 0 Å². The standard InChI is InChI=1S/C24H28N4O4S/c1-2-25-22(30)16-32-18-13-11-17(12-14-18)26-21(29)10-4-3-7-15-28-23(31)19-8-5-6-9-20(19)27-24(28)33/h5-6,8-9,11-14H,2-4,7,10,15-16H2,1H3,(H,25,30)(H,26,29)(H,27,33). The molecule has 1 heterocycles. The minimum atomic E-state index is -0.178. The molecule has 174 valence electrons. The molecule has 0 fully saturated rings. The molecule has 0 spiro atoms. The number of ether oxygens (including phenoxy) is 1. The molecule has 2 aromatic carbocycles. The van der Waals surface area contributed by atoms with Crippen LogP contribution in [0.4, 0.5) is 5.69 Å². The van der Waals surface area contributed by atoms with Gasteiger partial charge in [-0.25, -0.2) is 0 Å². The maximum absolute atomic E-state index is 12.6. The third kappa shape index (κ3) is 7.01. The Hall–Kier alpha value is -3.46. The molecule has 0 saturated heterocycles. The first kappa shape index (κ1) is 24.2. The van der Waals surface area contributed by atoms with Crippen LogP contribution in [0.5, 0.6) is 5.75 Å². The summed E-state index contributed by atoms with van der Waals surface area (Å²) in [6.07, 6.45) is 2.64. The Bertz CT molecular complexity index is 1220. The van der Waals surface area contributed by atoms with Gasteiger partial charge in [-0.05, 0) is 68.4 Å². The predicted octanol–water partition coefficient (Wildman–Crippen LogP) is 3.77. The number of likely N-dealkylation sites (N-methyl/N-ethyl adjacent to an activating group) is 1. The summed E-state index contributed by atoms with van der Waals surface area (Å²) in [5, 5.41) is 6.13. The number of carbonyl (C=O) groups excluding carboxylic acids is 2. The van der Waals surface area contributed by atoms with Crippen LogP contribution in [0.2, 0.25) is 0 Å². The van der Waals surface area contributed by atoms with Gasteiger partial charge in [0.15, 0.2) is 11.4 Å². The molecule has 8 nitrogen and oxygen atoms in total. The number of H-pyrrole nitrogens is 1. The molecule has 2 amide bonds. The van der Waals surface area contributed by atoms with Crippen LogP contribution in [0.1, 0.15) is 32.6 Å². The zero-order valence-electron chi connectivity index (χ0n) is 18.6. The van der Waals surface area contributed by atoms with Crippen LogP contribution >= 0.6 is 12.2 Å². The van der Waals surface area contributed by atoms with Crippen molar-refractivity contribution in [3.8, 4) is 5.75 Å². The van der Waals surface area contributed by atoms with Gasteiger partial charge in [0.05, 0.1) is 10.9 Å². The first-order valence-corrected chi connectivity index (χ1v) is 11.4. The van der Waals surface area contributed by atoms with Gasteiger partial charge >= 0.3 is 0 Å². The lowest BCUT2D eigenvalue weighted by Crippen LogP contribution is -2.28. The van der Waals surface area contributed by atoms with E-state index in [1.54, 1.807) is 34.9 Å². The SMILES string of the molecule is CCNC(=O)COc1ccc(NC(=O)CCCCCn2c(=S)[nH]c3ccccc3c2=O)cc1. The number of benzene rings is 2. The van der Waals surface area contributed by atoms with Crippen LogP contribution in [0.3, 0.4) is 0 Å². The zero-order chi connectivity index (χ0) is 23.6. The van der Waals surface area contributed by atoms with Gasteiger partial charge in [0.25, 0.3) is 11.5 Å². The van der Waals surface area contributed by atoms with Gasteiger partial charge in [-0.2, -0.15) is 0 Å². The fourth-order valence-corrected chi connectivity index (χ4v) is 3.67. The number of unbranched alkanes of at least 4 members (excludes halogenated alkanes) is 2. The van der Waals surface area contributed by atoms with E-state index in [4.69, 9.17) is 17.0 Å². The van der Waals surface area contributed by atoms with Gasteiger partial charge in [-0.1, -0.05) is 18.6 Å². The number of amides is 2. The number of fused-ring (bicyclic) bond motifs is 1. The molecule has 33 heavy (non-hydrogen) atoms. The Kier molecular flexibility index (Phi) is 8.77. The molecule has 3 N–H and O–H groups in total. The minimum Gasteiger partial charge on any atom is -0.484 e. The average molecular weight is 469 g/mol. The lowest BCUT2D eigenvalue weighted by Gasteiger charge is -2.09. The van der Waals surface area contributed by atoms with Crippen molar-refractivity contribution in [2.45, 2.75) is 39.2 Å². The summed E-state index contributed by atoms with van der Waals surface area (Å²) in [6.45, 7) is 2.87. The summed E-state index contributed by atoms with van der Waals surface area (Å²) in [5.41, 5.74) is 1.31. The van der Waals surface area contributed by atoms with Gasteiger partial charge in [0, 0.05) is 25.2 Å². The Balaban J connectivity index is 1.40. The molecule has 0 unspecified atom stereocenters. The quantitative estimate of drug-likeness (QED) is 0.293. The van der Waals surface area contributed by atoms with Crippen molar-refractivity contribution >= 4 is 40.6 Å². The summed E-state index contributed by atoms with van der Waals surface area (Å²) >= 11 is 5.32. The Morgan fingerprint density at radius 2 is 1.79 bits per heavy atom. The number of carbonyl (C=O) groups is 2. The van der Waals surface area contributed by atoms with E-state index in [9.17, 15) is 14.4 Å². The topological polar surface area (TPSA) is 105 Å². The fourth-order valence-electron chi connectivity index (χ4n) is 3.39. The first-order chi connectivity index (χ1) is 16.0. The molecule has 0 bridgehead atoms. The largest absolute Gasteiger partial charge is 0.484 e. The van der Waals surface area contributed by atoms with E-state index in [0.717, 1.165) is 18.4 Å². The van der Waals surface area contributed by atoms with Crippen LogP contribution in [0.15, 0.2) is 53.3 Å².